The Hall–Kier alpha value is -1.95. The minimum Gasteiger partial charge on any atom is -0.332 e. The molecule has 1 aromatic carbocycles. The molecule has 0 radical (unpaired) electrons. The number of hydrogen-bond acceptors (Lipinski definition) is 3. The molecule has 2 fully saturated rings. The van der Waals surface area contributed by atoms with Crippen molar-refractivity contribution in [3.8, 4) is 0 Å². The number of H-pyrrole nitrogens is 1. The Kier molecular flexibility index (Phi) is 2.53. The first kappa shape index (κ1) is 11.8. The molecule has 0 aliphatic carbocycles. The summed E-state index contributed by atoms with van der Waals surface area (Å²) in [6, 6.07) is 4.63. The average molecular weight is 274 g/mol. The normalized spacial score (nSPS) is 25.4. The van der Waals surface area contributed by atoms with Crippen LogP contribution in [0.5, 0.6) is 0 Å². The molecule has 2 saturated heterocycles. The molecule has 6 heteroatoms. The van der Waals surface area contributed by atoms with Gasteiger partial charge in [0.1, 0.15) is 5.82 Å². The van der Waals surface area contributed by atoms with Crippen LogP contribution in [0.15, 0.2) is 18.2 Å². The van der Waals surface area contributed by atoms with Gasteiger partial charge in [0, 0.05) is 37.6 Å². The zero-order chi connectivity index (χ0) is 13.7. The summed E-state index contributed by atoms with van der Waals surface area (Å²) in [4.78, 5) is 16.9. The summed E-state index contributed by atoms with van der Waals surface area (Å²) < 4.78 is 13.4. The molecule has 3 heterocycles. The van der Waals surface area contributed by atoms with Gasteiger partial charge >= 0.3 is 0 Å². The van der Waals surface area contributed by atoms with Crippen molar-refractivity contribution in [2.75, 3.05) is 26.2 Å². The zero-order valence-corrected chi connectivity index (χ0v) is 11.0. The number of carbonyl (C=O) groups is 1. The lowest BCUT2D eigenvalue weighted by atomic mass is 10.1. The highest BCUT2D eigenvalue weighted by molar-refractivity contribution is 6.04. The first-order valence-corrected chi connectivity index (χ1v) is 6.89. The van der Waals surface area contributed by atoms with Crippen LogP contribution in [-0.4, -0.2) is 58.1 Å². The summed E-state index contributed by atoms with van der Waals surface area (Å²) in [6.45, 7) is 3.65. The second-order valence-corrected chi connectivity index (χ2v) is 5.50. The number of piperazine rings is 1. The van der Waals surface area contributed by atoms with Crippen LogP contribution < -0.4 is 0 Å². The number of rotatable bonds is 1. The average Bonchev–Trinajstić information content (AvgIpc) is 3.02. The van der Waals surface area contributed by atoms with E-state index in [1.165, 1.54) is 12.1 Å². The fourth-order valence-corrected chi connectivity index (χ4v) is 3.25. The predicted octanol–water partition coefficient (Wildman–Crippen LogP) is 1.23. The smallest absolute Gasteiger partial charge is 0.275 e. The van der Waals surface area contributed by atoms with Crippen molar-refractivity contribution in [2.24, 2.45) is 0 Å². The molecule has 1 aromatic heterocycles. The highest BCUT2D eigenvalue weighted by Gasteiger charge is 2.36. The van der Waals surface area contributed by atoms with E-state index < -0.39 is 0 Å². The van der Waals surface area contributed by atoms with Crippen molar-refractivity contribution in [1.29, 1.82) is 0 Å². The topological polar surface area (TPSA) is 52.2 Å². The van der Waals surface area contributed by atoms with Crippen molar-refractivity contribution in [1.82, 2.24) is 20.0 Å². The minimum absolute atomic E-state index is 0.0894. The molecule has 104 valence electrons. The fraction of sp³-hybridized carbons (Fsp3) is 0.429. The van der Waals surface area contributed by atoms with E-state index in [9.17, 15) is 9.18 Å². The summed E-state index contributed by atoms with van der Waals surface area (Å²) in [6.07, 6.45) is 1.02. The molecule has 2 aromatic rings. The maximum Gasteiger partial charge on any atom is 0.275 e. The summed E-state index contributed by atoms with van der Waals surface area (Å²) >= 11 is 0. The lowest BCUT2D eigenvalue weighted by Crippen LogP contribution is -2.49. The Bertz CT molecular complexity index is 683. The summed E-state index contributed by atoms with van der Waals surface area (Å²) in [7, 11) is 0. The van der Waals surface area contributed by atoms with Crippen LogP contribution in [0.2, 0.25) is 0 Å². The van der Waals surface area contributed by atoms with Gasteiger partial charge in [0.05, 0.1) is 5.52 Å². The molecule has 2 atom stereocenters. The number of aromatic amines is 1. The van der Waals surface area contributed by atoms with E-state index in [4.69, 9.17) is 0 Å². The SMILES string of the molecule is O=C(c1n[nH]c2ccc(F)cc12)N1CCN2CCC1C2. The minimum atomic E-state index is -0.348. The van der Waals surface area contributed by atoms with Gasteiger partial charge in [0.25, 0.3) is 5.91 Å². The maximum absolute atomic E-state index is 13.4. The number of halogens is 1. The number of fused-ring (bicyclic) bond motifs is 3. The molecule has 20 heavy (non-hydrogen) atoms. The molecule has 4 rings (SSSR count). The highest BCUT2D eigenvalue weighted by Crippen LogP contribution is 2.24. The summed E-state index contributed by atoms with van der Waals surface area (Å²) in [5.41, 5.74) is 1.03. The van der Waals surface area contributed by atoms with Crippen molar-refractivity contribution in [2.45, 2.75) is 12.5 Å². The van der Waals surface area contributed by atoms with E-state index in [0.29, 0.717) is 16.6 Å². The van der Waals surface area contributed by atoms with Gasteiger partial charge in [0.2, 0.25) is 0 Å². The number of carbonyl (C=O) groups excluding carboxylic acids is 1. The van der Waals surface area contributed by atoms with Gasteiger partial charge in [-0.2, -0.15) is 5.10 Å². The van der Waals surface area contributed by atoms with Gasteiger partial charge in [-0.25, -0.2) is 4.39 Å². The van der Waals surface area contributed by atoms with Gasteiger partial charge in [-0.1, -0.05) is 0 Å². The van der Waals surface area contributed by atoms with E-state index in [-0.39, 0.29) is 17.8 Å². The van der Waals surface area contributed by atoms with E-state index in [1.807, 2.05) is 4.90 Å². The van der Waals surface area contributed by atoms with Crippen molar-refractivity contribution in [3.05, 3.63) is 29.7 Å². The molecular weight excluding hydrogens is 259 g/mol. The zero-order valence-electron chi connectivity index (χ0n) is 11.0. The lowest BCUT2D eigenvalue weighted by molar-refractivity contribution is 0.0605. The third-order valence-electron chi connectivity index (χ3n) is 4.33. The molecule has 2 unspecified atom stereocenters. The summed E-state index contributed by atoms with van der Waals surface area (Å²) in [5.74, 6) is -0.438. The second kappa shape index (κ2) is 4.28. The van der Waals surface area contributed by atoms with Crippen LogP contribution in [0.4, 0.5) is 4.39 Å². The Morgan fingerprint density at radius 1 is 1.35 bits per heavy atom. The monoisotopic (exact) mass is 274 g/mol. The summed E-state index contributed by atoms with van der Waals surface area (Å²) in [5, 5.41) is 7.47. The number of amides is 1. The van der Waals surface area contributed by atoms with Crippen LogP contribution in [-0.2, 0) is 0 Å². The van der Waals surface area contributed by atoms with Crippen molar-refractivity contribution >= 4 is 16.8 Å². The highest BCUT2D eigenvalue weighted by atomic mass is 19.1. The Labute approximate surface area is 115 Å². The fourth-order valence-electron chi connectivity index (χ4n) is 3.25. The second-order valence-electron chi connectivity index (χ2n) is 5.50. The number of nitrogens with one attached hydrogen (secondary N) is 1. The largest absolute Gasteiger partial charge is 0.332 e. The maximum atomic E-state index is 13.4. The molecule has 2 aliphatic rings. The predicted molar refractivity (Wildman–Crippen MR) is 71.9 cm³/mol. The first-order valence-electron chi connectivity index (χ1n) is 6.89. The molecule has 2 bridgehead atoms. The van der Waals surface area contributed by atoms with E-state index in [1.54, 1.807) is 6.07 Å². The van der Waals surface area contributed by atoms with Crippen LogP contribution in [0.1, 0.15) is 16.9 Å². The third-order valence-corrected chi connectivity index (χ3v) is 4.33. The first-order chi connectivity index (χ1) is 9.72. The Morgan fingerprint density at radius 2 is 2.25 bits per heavy atom. The molecule has 5 nitrogen and oxygen atoms in total. The van der Waals surface area contributed by atoms with Gasteiger partial charge in [0.15, 0.2) is 5.69 Å². The van der Waals surface area contributed by atoms with Crippen molar-refractivity contribution < 1.29 is 9.18 Å². The van der Waals surface area contributed by atoms with Gasteiger partial charge in [-0.05, 0) is 24.6 Å². The molecule has 0 spiro atoms. The van der Waals surface area contributed by atoms with Gasteiger partial charge in [-0.3, -0.25) is 14.8 Å². The standard InChI is InChI=1S/C14H15FN4O/c15-9-1-2-12-11(7-9)13(17-16-12)14(20)19-6-5-18-4-3-10(19)8-18/h1-2,7,10H,3-6,8H2,(H,16,17). The number of hydrogen-bond donors (Lipinski definition) is 1. The molecular formula is C14H15FN4O. The third kappa shape index (κ3) is 1.71. The number of nitrogens with zero attached hydrogens (tertiary/aromatic N) is 3. The van der Waals surface area contributed by atoms with Crippen molar-refractivity contribution in [3.63, 3.8) is 0 Å². The number of benzene rings is 1. The Morgan fingerprint density at radius 3 is 3.15 bits per heavy atom. The molecule has 2 aliphatic heterocycles. The molecule has 1 N–H and O–H groups in total. The van der Waals surface area contributed by atoms with E-state index in [0.717, 1.165) is 32.6 Å². The van der Waals surface area contributed by atoms with Crippen LogP contribution in [0.25, 0.3) is 10.9 Å². The van der Waals surface area contributed by atoms with E-state index in [2.05, 4.69) is 15.1 Å². The van der Waals surface area contributed by atoms with Gasteiger partial charge < -0.3 is 4.90 Å². The number of aromatic nitrogens is 2. The Balaban J connectivity index is 1.71. The molecule has 1 amide bonds. The van der Waals surface area contributed by atoms with Crippen LogP contribution in [0.3, 0.4) is 0 Å². The molecule has 0 saturated carbocycles. The van der Waals surface area contributed by atoms with Crippen LogP contribution >= 0.6 is 0 Å². The quantitative estimate of drug-likeness (QED) is 0.851. The van der Waals surface area contributed by atoms with Crippen LogP contribution in [0, 0.1) is 5.82 Å². The van der Waals surface area contributed by atoms with E-state index >= 15 is 0 Å². The lowest BCUT2D eigenvalue weighted by Gasteiger charge is -2.33. The van der Waals surface area contributed by atoms with Gasteiger partial charge in [-0.15, -0.1) is 0 Å².